The molecule has 98 valence electrons. The van der Waals surface area contributed by atoms with Gasteiger partial charge >= 0.3 is 11.9 Å². The summed E-state index contributed by atoms with van der Waals surface area (Å²) in [7, 11) is 1.47. The highest BCUT2D eigenvalue weighted by Gasteiger charge is 2.72. The van der Waals surface area contributed by atoms with Crippen molar-refractivity contribution >= 4 is 11.9 Å². The minimum Gasteiger partial charge on any atom is -0.469 e. The molecule has 0 aromatic heterocycles. The maximum Gasteiger partial charge on any atom is 0.312 e. The quantitative estimate of drug-likeness (QED) is 0.662. The molecule has 0 unspecified atom stereocenters. The van der Waals surface area contributed by atoms with Gasteiger partial charge in [-0.05, 0) is 43.4 Å². The molecule has 3 aliphatic carbocycles. The number of fused-ring (bicyclic) bond motifs is 3. The number of rotatable bonds is 1. The molecule has 0 N–H and O–H groups in total. The predicted molar refractivity (Wildman–Crippen MR) is 61.4 cm³/mol. The topological polar surface area (TPSA) is 52.6 Å². The summed E-state index contributed by atoms with van der Waals surface area (Å²) in [5.74, 6) is 0.174. The zero-order valence-electron chi connectivity index (χ0n) is 10.6. The van der Waals surface area contributed by atoms with Gasteiger partial charge in [0.1, 0.15) is 0 Å². The fourth-order valence-corrected chi connectivity index (χ4v) is 5.04. The molecule has 1 saturated heterocycles. The second-order valence-electron chi connectivity index (χ2n) is 6.69. The Balaban J connectivity index is 1.76. The summed E-state index contributed by atoms with van der Waals surface area (Å²) in [6.07, 6.45) is 5.36. The van der Waals surface area contributed by atoms with Crippen LogP contribution < -0.4 is 0 Å². The monoisotopic (exact) mass is 250 g/mol. The Bertz CT molecular complexity index is 439. The standard InChI is InChI=1S/C14H18O4/c1-17-12(16)14-7-13(2-3-13)5-8(14)4-9-10(14)6-18-11(9)15/h8-10H,2-7H2,1H3/t8-,9+,10+,14-/m1/s1. The maximum absolute atomic E-state index is 12.4. The highest BCUT2D eigenvalue weighted by Crippen LogP contribution is 2.73. The number of carbonyl (C=O) groups is 2. The zero-order valence-corrected chi connectivity index (χ0v) is 10.6. The van der Waals surface area contributed by atoms with Crippen molar-refractivity contribution in [3.8, 4) is 0 Å². The van der Waals surface area contributed by atoms with Crippen molar-refractivity contribution in [2.45, 2.75) is 32.1 Å². The van der Waals surface area contributed by atoms with Crippen LogP contribution in [0.5, 0.6) is 0 Å². The zero-order chi connectivity index (χ0) is 12.5. The van der Waals surface area contributed by atoms with E-state index in [4.69, 9.17) is 9.47 Å². The molecule has 18 heavy (non-hydrogen) atoms. The van der Waals surface area contributed by atoms with Crippen LogP contribution in [-0.4, -0.2) is 25.7 Å². The van der Waals surface area contributed by atoms with Crippen LogP contribution in [0.3, 0.4) is 0 Å². The lowest BCUT2D eigenvalue weighted by Gasteiger charge is -2.31. The van der Waals surface area contributed by atoms with Crippen molar-refractivity contribution in [1.29, 1.82) is 0 Å². The van der Waals surface area contributed by atoms with Crippen LogP contribution in [0.4, 0.5) is 0 Å². The van der Waals surface area contributed by atoms with E-state index in [2.05, 4.69) is 0 Å². The summed E-state index contributed by atoms with van der Waals surface area (Å²) in [4.78, 5) is 24.1. The van der Waals surface area contributed by atoms with E-state index >= 15 is 0 Å². The van der Waals surface area contributed by atoms with E-state index in [1.165, 1.54) is 20.0 Å². The van der Waals surface area contributed by atoms with Gasteiger partial charge in [0.05, 0.1) is 25.0 Å². The lowest BCUT2D eigenvalue weighted by atomic mass is 9.72. The Morgan fingerprint density at radius 1 is 1.44 bits per heavy atom. The number of methoxy groups -OCH3 is 1. The van der Waals surface area contributed by atoms with Gasteiger partial charge in [0.25, 0.3) is 0 Å². The maximum atomic E-state index is 12.4. The van der Waals surface area contributed by atoms with Crippen LogP contribution in [0, 0.1) is 28.6 Å². The predicted octanol–water partition coefficient (Wildman–Crippen LogP) is 1.53. The average Bonchev–Trinajstić information content (AvgIpc) is 2.73. The first kappa shape index (κ1) is 10.8. The summed E-state index contributed by atoms with van der Waals surface area (Å²) in [5, 5.41) is 0. The average molecular weight is 250 g/mol. The molecule has 4 atom stereocenters. The number of hydrogen-bond acceptors (Lipinski definition) is 4. The van der Waals surface area contributed by atoms with Gasteiger partial charge in [0.15, 0.2) is 0 Å². The van der Waals surface area contributed by atoms with E-state index in [0.29, 0.717) is 17.9 Å². The van der Waals surface area contributed by atoms with Gasteiger partial charge < -0.3 is 9.47 Å². The molecule has 4 rings (SSSR count). The molecule has 0 aromatic carbocycles. The lowest BCUT2D eigenvalue weighted by Crippen LogP contribution is -2.40. The summed E-state index contributed by atoms with van der Waals surface area (Å²) in [6.45, 7) is 0.422. The molecule has 0 radical (unpaired) electrons. The molecule has 4 nitrogen and oxygen atoms in total. The van der Waals surface area contributed by atoms with E-state index in [-0.39, 0.29) is 23.8 Å². The summed E-state index contributed by atoms with van der Waals surface area (Å²) in [5.41, 5.74) is -0.0163. The van der Waals surface area contributed by atoms with E-state index in [1.54, 1.807) is 0 Å². The highest BCUT2D eigenvalue weighted by atomic mass is 16.5. The van der Waals surface area contributed by atoms with Crippen LogP contribution in [-0.2, 0) is 19.1 Å². The molecule has 1 spiro atoms. The number of cyclic esters (lactones) is 1. The first-order valence-electron chi connectivity index (χ1n) is 6.86. The second kappa shape index (κ2) is 3.09. The van der Waals surface area contributed by atoms with Crippen molar-refractivity contribution in [1.82, 2.24) is 0 Å². The van der Waals surface area contributed by atoms with E-state index in [9.17, 15) is 9.59 Å². The smallest absolute Gasteiger partial charge is 0.312 e. The molecule has 4 fully saturated rings. The SMILES string of the molecule is COC(=O)[C@]12CC3(CC3)C[C@H]1C[C@@H]1C(=O)OC[C@@H]12. The fraction of sp³-hybridized carbons (Fsp3) is 0.857. The molecule has 0 bridgehead atoms. The summed E-state index contributed by atoms with van der Waals surface area (Å²) in [6, 6.07) is 0. The third-order valence-corrected chi connectivity index (χ3v) is 5.99. The highest BCUT2D eigenvalue weighted by molar-refractivity contribution is 5.84. The Kier molecular flexibility index (Phi) is 1.86. The number of carbonyl (C=O) groups excluding carboxylic acids is 2. The number of ether oxygens (including phenoxy) is 2. The molecular weight excluding hydrogens is 232 g/mol. The van der Waals surface area contributed by atoms with Crippen molar-refractivity contribution in [3.05, 3.63) is 0 Å². The van der Waals surface area contributed by atoms with Gasteiger partial charge in [0.2, 0.25) is 0 Å². The third-order valence-electron chi connectivity index (χ3n) is 5.99. The van der Waals surface area contributed by atoms with Gasteiger partial charge in [-0.3, -0.25) is 9.59 Å². The van der Waals surface area contributed by atoms with Crippen molar-refractivity contribution in [2.75, 3.05) is 13.7 Å². The first-order valence-corrected chi connectivity index (χ1v) is 6.86. The Morgan fingerprint density at radius 2 is 2.22 bits per heavy atom. The minimum atomic E-state index is -0.415. The Morgan fingerprint density at radius 3 is 2.89 bits per heavy atom. The molecule has 3 saturated carbocycles. The van der Waals surface area contributed by atoms with Crippen LogP contribution in [0.15, 0.2) is 0 Å². The van der Waals surface area contributed by atoms with Crippen LogP contribution in [0.25, 0.3) is 0 Å². The molecule has 1 heterocycles. The molecule has 0 amide bonds. The van der Waals surface area contributed by atoms with Gasteiger partial charge in [-0.15, -0.1) is 0 Å². The van der Waals surface area contributed by atoms with Gasteiger partial charge in [-0.2, -0.15) is 0 Å². The van der Waals surface area contributed by atoms with Crippen LogP contribution >= 0.6 is 0 Å². The van der Waals surface area contributed by atoms with Crippen molar-refractivity contribution in [2.24, 2.45) is 28.6 Å². The van der Waals surface area contributed by atoms with Crippen LogP contribution in [0.1, 0.15) is 32.1 Å². The van der Waals surface area contributed by atoms with Gasteiger partial charge in [-0.1, -0.05) is 0 Å². The summed E-state index contributed by atoms with van der Waals surface area (Å²) < 4.78 is 10.3. The first-order chi connectivity index (χ1) is 8.61. The van der Waals surface area contributed by atoms with Crippen molar-refractivity contribution in [3.63, 3.8) is 0 Å². The second-order valence-corrected chi connectivity index (χ2v) is 6.69. The molecule has 1 aliphatic heterocycles. The fourth-order valence-electron chi connectivity index (χ4n) is 5.04. The molecule has 0 aromatic rings. The van der Waals surface area contributed by atoms with Crippen LogP contribution in [0.2, 0.25) is 0 Å². The van der Waals surface area contributed by atoms with Gasteiger partial charge in [0, 0.05) is 5.92 Å². The summed E-state index contributed by atoms with van der Waals surface area (Å²) >= 11 is 0. The molecular formula is C14H18O4. The minimum absolute atomic E-state index is 0.0507. The lowest BCUT2D eigenvalue weighted by molar-refractivity contribution is -0.158. The molecule has 4 aliphatic rings. The molecule has 4 heteroatoms. The normalized spacial score (nSPS) is 46.7. The van der Waals surface area contributed by atoms with Crippen molar-refractivity contribution < 1.29 is 19.1 Å². The van der Waals surface area contributed by atoms with E-state index < -0.39 is 5.41 Å². The van der Waals surface area contributed by atoms with Gasteiger partial charge in [-0.25, -0.2) is 0 Å². The number of esters is 2. The van der Waals surface area contributed by atoms with E-state index in [0.717, 1.165) is 19.3 Å². The third kappa shape index (κ3) is 1.08. The Labute approximate surface area is 106 Å². The number of hydrogen-bond donors (Lipinski definition) is 0. The largest absolute Gasteiger partial charge is 0.469 e. The van der Waals surface area contributed by atoms with E-state index in [1.807, 2.05) is 0 Å². The Hall–Kier alpha value is -1.06.